The normalized spacial score (nSPS) is 45.5. The maximum atomic E-state index is 11.6. The Morgan fingerprint density at radius 2 is 1.75 bits per heavy atom. The Labute approximate surface area is 235 Å². The van der Waals surface area contributed by atoms with E-state index in [4.69, 9.17) is 40.9 Å². The van der Waals surface area contributed by atoms with Crippen molar-refractivity contribution in [2.45, 2.75) is 125 Å². The number of aliphatic hydroxyl groups excluding tert-OH is 3. The highest BCUT2D eigenvalue weighted by atomic mass is 16.7. The Bertz CT molecular complexity index is 849. The molecule has 14 nitrogen and oxygen atoms in total. The Balaban J connectivity index is 1.49. The third-order valence-electron chi connectivity index (χ3n) is 9.05. The Hall–Kier alpha value is -1.01. The summed E-state index contributed by atoms with van der Waals surface area (Å²) < 4.78 is 24.1. The highest BCUT2D eigenvalue weighted by Crippen LogP contribution is 2.36. The zero-order valence-electron chi connectivity index (χ0n) is 23.4. The van der Waals surface area contributed by atoms with Gasteiger partial charge in [-0.05, 0) is 45.4 Å². The van der Waals surface area contributed by atoms with E-state index < -0.39 is 72.2 Å². The first-order chi connectivity index (χ1) is 18.9. The molecule has 0 bridgehead atoms. The van der Waals surface area contributed by atoms with E-state index in [1.54, 1.807) is 13.8 Å². The minimum atomic E-state index is -1.33. The zero-order chi connectivity index (χ0) is 29.2. The van der Waals surface area contributed by atoms with Crippen LogP contribution < -0.4 is 22.1 Å². The summed E-state index contributed by atoms with van der Waals surface area (Å²) in [4.78, 5) is 0. The lowest BCUT2D eigenvalue weighted by molar-refractivity contribution is -0.313. The molecule has 0 aromatic carbocycles. The number of amidine groups is 1. The van der Waals surface area contributed by atoms with E-state index in [2.05, 4.69) is 10.6 Å². The van der Waals surface area contributed by atoms with E-state index in [1.807, 2.05) is 0 Å². The van der Waals surface area contributed by atoms with Crippen LogP contribution >= 0.6 is 0 Å². The summed E-state index contributed by atoms with van der Waals surface area (Å²) in [6.45, 7) is 4.13. The van der Waals surface area contributed by atoms with Crippen molar-refractivity contribution >= 4 is 5.84 Å². The van der Waals surface area contributed by atoms with Crippen LogP contribution in [0.5, 0.6) is 0 Å². The summed E-state index contributed by atoms with van der Waals surface area (Å²) >= 11 is 0. The average Bonchev–Trinajstić information content (AvgIpc) is 2.89. The van der Waals surface area contributed by atoms with Gasteiger partial charge in [0.1, 0.15) is 35.9 Å². The van der Waals surface area contributed by atoms with Crippen molar-refractivity contribution in [3.8, 4) is 0 Å². The monoisotopic (exact) mass is 575 g/mol. The van der Waals surface area contributed by atoms with E-state index in [0.29, 0.717) is 38.8 Å². The van der Waals surface area contributed by atoms with Gasteiger partial charge < -0.3 is 66.6 Å². The lowest BCUT2D eigenvalue weighted by Gasteiger charge is -2.49. The number of hydrogen-bond donors (Lipinski definition) is 10. The van der Waals surface area contributed by atoms with Crippen molar-refractivity contribution < 1.29 is 44.5 Å². The molecule has 14 heteroatoms. The van der Waals surface area contributed by atoms with Gasteiger partial charge in [-0.1, -0.05) is 6.92 Å². The van der Waals surface area contributed by atoms with Gasteiger partial charge in [-0.2, -0.15) is 0 Å². The van der Waals surface area contributed by atoms with Crippen molar-refractivity contribution in [1.29, 1.82) is 5.41 Å². The summed E-state index contributed by atoms with van der Waals surface area (Å²) in [5.74, 6) is -0.653. The van der Waals surface area contributed by atoms with Crippen LogP contribution in [0.15, 0.2) is 0 Å². The number of nitrogens with two attached hydrogens (primary N) is 2. The summed E-state index contributed by atoms with van der Waals surface area (Å²) in [7, 11) is 0. The number of aliphatic hydroxyl groups is 5. The van der Waals surface area contributed by atoms with Gasteiger partial charge in [0, 0.05) is 25.0 Å². The van der Waals surface area contributed by atoms with Crippen LogP contribution in [0.3, 0.4) is 0 Å². The SMILES string of the molecule is C[C@@H]1C(O)[C@@H](OC2C(O)C(O[C@H]3O[C@H](CNCCO)CCC3N)[C@@H](N)C[C@H]2NC(=N)C2(O)CCC2)OCC1(C)O. The van der Waals surface area contributed by atoms with Gasteiger partial charge in [0.2, 0.25) is 0 Å². The minimum Gasteiger partial charge on any atom is -0.395 e. The second kappa shape index (κ2) is 13.1. The predicted octanol–water partition coefficient (Wildman–Crippen LogP) is -2.78. The molecule has 2 aliphatic carbocycles. The fraction of sp³-hybridized carbons (Fsp3) is 0.962. The van der Waals surface area contributed by atoms with Crippen LogP contribution in [0.4, 0.5) is 0 Å². The van der Waals surface area contributed by atoms with Crippen molar-refractivity contribution in [1.82, 2.24) is 10.6 Å². The van der Waals surface area contributed by atoms with E-state index in [9.17, 15) is 20.4 Å². The van der Waals surface area contributed by atoms with Crippen LogP contribution in [0.2, 0.25) is 0 Å². The molecule has 4 rings (SSSR count). The molecule has 4 fully saturated rings. The molecule has 12 N–H and O–H groups in total. The molecule has 0 aromatic heterocycles. The van der Waals surface area contributed by atoms with Crippen LogP contribution in [0.25, 0.3) is 0 Å². The van der Waals surface area contributed by atoms with Gasteiger partial charge >= 0.3 is 0 Å². The Morgan fingerprint density at radius 1 is 1.05 bits per heavy atom. The number of hydrogen-bond acceptors (Lipinski definition) is 13. The van der Waals surface area contributed by atoms with Crippen LogP contribution in [0, 0.1) is 11.3 Å². The molecule has 232 valence electrons. The molecule has 12 atom stereocenters. The van der Waals surface area contributed by atoms with Crippen molar-refractivity contribution in [3.05, 3.63) is 0 Å². The van der Waals surface area contributed by atoms with Crippen LogP contribution in [-0.2, 0) is 18.9 Å². The van der Waals surface area contributed by atoms with Gasteiger partial charge in [0.05, 0.1) is 37.0 Å². The highest BCUT2D eigenvalue weighted by molar-refractivity contribution is 5.88. The lowest BCUT2D eigenvalue weighted by atomic mass is 9.78. The highest BCUT2D eigenvalue weighted by Gasteiger charge is 2.52. The zero-order valence-corrected chi connectivity index (χ0v) is 23.4. The second-order valence-electron chi connectivity index (χ2n) is 12.2. The summed E-state index contributed by atoms with van der Waals surface area (Å²) in [5.41, 5.74) is 10.3. The molecule has 0 radical (unpaired) electrons. The molecule has 2 aliphatic heterocycles. The van der Waals surface area contributed by atoms with Crippen LogP contribution in [0.1, 0.15) is 52.4 Å². The topological polar surface area (TPSA) is 238 Å². The molecule has 4 aliphatic rings. The van der Waals surface area contributed by atoms with E-state index in [0.717, 1.165) is 6.42 Å². The van der Waals surface area contributed by atoms with E-state index >= 15 is 0 Å². The predicted molar refractivity (Wildman–Crippen MR) is 143 cm³/mol. The van der Waals surface area contributed by atoms with Crippen molar-refractivity contribution in [2.75, 3.05) is 26.3 Å². The smallest absolute Gasteiger partial charge is 0.184 e. The quantitative estimate of drug-likeness (QED) is 0.0721. The van der Waals surface area contributed by atoms with Gasteiger partial charge in [-0.15, -0.1) is 0 Å². The third kappa shape index (κ3) is 6.96. The van der Waals surface area contributed by atoms with Crippen molar-refractivity contribution in [2.24, 2.45) is 17.4 Å². The maximum absolute atomic E-state index is 11.6. The van der Waals surface area contributed by atoms with Gasteiger partial charge in [-0.3, -0.25) is 5.41 Å². The molecule has 0 spiro atoms. The van der Waals surface area contributed by atoms with Gasteiger partial charge in [0.15, 0.2) is 12.6 Å². The lowest BCUT2D eigenvalue weighted by Crippen LogP contribution is -2.68. The maximum Gasteiger partial charge on any atom is 0.184 e. The first kappa shape index (κ1) is 31.9. The average molecular weight is 576 g/mol. The van der Waals surface area contributed by atoms with Crippen LogP contribution in [-0.4, -0.2) is 130 Å². The molecule has 40 heavy (non-hydrogen) atoms. The molecule has 2 saturated carbocycles. The standard InChI is InChI=1S/C26H49N5O9/c1-13-18(33)23(37-12-25(13,2)35)40-21-17(31-24(29)26(36)6-3-7-26)10-16(28)20(19(21)34)39-22-15(27)5-4-14(38-22)11-30-8-9-32/h13-23,30,32-36H,3-12,27-28H2,1-2H3,(H2,29,31)/t13-,14+,15?,16+,17-,18?,19?,20?,21?,22-,23-,25?/m1/s1. The molecule has 2 heterocycles. The van der Waals surface area contributed by atoms with E-state index in [-0.39, 0.29) is 31.6 Å². The molecule has 0 aromatic rings. The van der Waals surface area contributed by atoms with Gasteiger partial charge in [-0.25, -0.2) is 0 Å². The molecule has 6 unspecified atom stereocenters. The van der Waals surface area contributed by atoms with Gasteiger partial charge in [0.25, 0.3) is 0 Å². The first-order valence-electron chi connectivity index (χ1n) is 14.4. The third-order valence-corrected chi connectivity index (χ3v) is 9.05. The molecular weight excluding hydrogens is 526 g/mol. The number of ether oxygens (including phenoxy) is 4. The molecular formula is C26H49N5O9. The second-order valence-corrected chi connectivity index (χ2v) is 12.2. The first-order valence-corrected chi connectivity index (χ1v) is 14.4. The summed E-state index contributed by atoms with van der Waals surface area (Å²) in [6.07, 6.45) is -3.45. The number of nitrogens with one attached hydrogen (secondary N) is 3. The fourth-order valence-corrected chi connectivity index (χ4v) is 5.83. The van der Waals surface area contributed by atoms with E-state index in [1.165, 1.54) is 0 Å². The summed E-state index contributed by atoms with van der Waals surface area (Å²) in [6, 6.07) is -1.85. The summed E-state index contributed by atoms with van der Waals surface area (Å²) in [5, 5.41) is 67.3. The largest absolute Gasteiger partial charge is 0.395 e. The number of rotatable bonds is 10. The fourth-order valence-electron chi connectivity index (χ4n) is 5.83. The molecule has 2 saturated heterocycles. The molecule has 0 amide bonds. The minimum absolute atomic E-state index is 0.0104. The Morgan fingerprint density at radius 3 is 2.40 bits per heavy atom. The van der Waals surface area contributed by atoms with Crippen molar-refractivity contribution in [3.63, 3.8) is 0 Å². The Kier molecular flexibility index (Phi) is 10.5.